The maximum absolute atomic E-state index is 9.75. The Morgan fingerprint density at radius 1 is 1.23 bits per heavy atom. The first-order valence-electron chi connectivity index (χ1n) is 5.70. The molecule has 0 amide bonds. The van der Waals surface area contributed by atoms with Crippen molar-refractivity contribution in [1.82, 2.24) is 5.32 Å². The van der Waals surface area contributed by atoms with Crippen LogP contribution in [-0.4, -0.2) is 23.8 Å². The van der Waals surface area contributed by atoms with Crippen LogP contribution in [0.4, 0.5) is 0 Å². The molecule has 0 heterocycles. The van der Waals surface area contributed by atoms with Gasteiger partial charge in [0.2, 0.25) is 0 Å². The van der Waals surface area contributed by atoms with Crippen molar-refractivity contribution in [3.8, 4) is 0 Å². The van der Waals surface area contributed by atoms with Crippen LogP contribution < -0.4 is 5.32 Å². The zero-order chi connectivity index (χ0) is 9.57. The summed E-state index contributed by atoms with van der Waals surface area (Å²) >= 11 is 0. The molecule has 0 spiro atoms. The third-order valence-electron chi connectivity index (χ3n) is 2.95. The van der Waals surface area contributed by atoms with Crippen molar-refractivity contribution in [2.24, 2.45) is 0 Å². The predicted molar refractivity (Wildman–Crippen MR) is 55.8 cm³/mol. The van der Waals surface area contributed by atoms with Crippen LogP contribution in [0.3, 0.4) is 0 Å². The van der Waals surface area contributed by atoms with E-state index >= 15 is 0 Å². The van der Waals surface area contributed by atoms with E-state index in [4.69, 9.17) is 0 Å². The Labute approximate surface area is 81.7 Å². The van der Waals surface area contributed by atoms with Gasteiger partial charge in [-0.25, -0.2) is 0 Å². The van der Waals surface area contributed by atoms with Gasteiger partial charge in [0.25, 0.3) is 0 Å². The number of unbranched alkanes of at least 4 members (excludes halogenated alkanes) is 3. The molecule has 1 aliphatic rings. The van der Waals surface area contributed by atoms with Crippen molar-refractivity contribution in [3.05, 3.63) is 0 Å². The van der Waals surface area contributed by atoms with Gasteiger partial charge in [-0.2, -0.15) is 0 Å². The lowest BCUT2D eigenvalue weighted by molar-refractivity contribution is -0.0311. The Balaban J connectivity index is 1.83. The van der Waals surface area contributed by atoms with Crippen molar-refractivity contribution < 1.29 is 5.11 Å². The topological polar surface area (TPSA) is 32.3 Å². The summed E-state index contributed by atoms with van der Waals surface area (Å²) in [6, 6.07) is 0. The minimum atomic E-state index is -0.343. The first kappa shape index (κ1) is 11.0. The van der Waals surface area contributed by atoms with E-state index < -0.39 is 0 Å². The molecular formula is C11H23NO. The Morgan fingerprint density at radius 2 is 2.00 bits per heavy atom. The number of nitrogens with one attached hydrogen (secondary N) is 1. The molecule has 1 rings (SSSR count). The van der Waals surface area contributed by atoms with Gasteiger partial charge in [0, 0.05) is 6.54 Å². The first-order chi connectivity index (χ1) is 6.27. The van der Waals surface area contributed by atoms with Crippen LogP contribution in [-0.2, 0) is 0 Å². The maximum Gasteiger partial charge on any atom is 0.0771 e. The Kier molecular flexibility index (Phi) is 4.74. The highest BCUT2D eigenvalue weighted by Gasteiger charge is 2.33. The molecule has 78 valence electrons. The predicted octanol–water partition coefficient (Wildman–Crippen LogP) is 2.07. The summed E-state index contributed by atoms with van der Waals surface area (Å²) < 4.78 is 0. The van der Waals surface area contributed by atoms with E-state index in [9.17, 15) is 5.11 Å². The van der Waals surface area contributed by atoms with Crippen molar-refractivity contribution >= 4 is 0 Å². The highest BCUT2D eigenvalue weighted by Crippen LogP contribution is 2.30. The van der Waals surface area contributed by atoms with Crippen molar-refractivity contribution in [3.63, 3.8) is 0 Å². The zero-order valence-electron chi connectivity index (χ0n) is 8.81. The van der Waals surface area contributed by atoms with Crippen LogP contribution >= 0.6 is 0 Å². The van der Waals surface area contributed by atoms with E-state index in [1.807, 2.05) is 0 Å². The van der Waals surface area contributed by atoms with E-state index in [0.717, 1.165) is 25.9 Å². The summed E-state index contributed by atoms with van der Waals surface area (Å²) in [5.74, 6) is 0. The molecule has 2 nitrogen and oxygen atoms in total. The van der Waals surface area contributed by atoms with Crippen LogP contribution in [0.15, 0.2) is 0 Å². The highest BCUT2D eigenvalue weighted by atomic mass is 16.3. The van der Waals surface area contributed by atoms with Crippen molar-refractivity contribution in [1.29, 1.82) is 0 Å². The Hall–Kier alpha value is -0.0800. The smallest absolute Gasteiger partial charge is 0.0771 e. The third-order valence-corrected chi connectivity index (χ3v) is 2.95. The molecule has 0 atom stereocenters. The fourth-order valence-corrected chi connectivity index (χ4v) is 1.76. The van der Waals surface area contributed by atoms with Crippen LogP contribution in [0, 0.1) is 0 Å². The summed E-state index contributed by atoms with van der Waals surface area (Å²) in [5, 5.41) is 13.1. The molecular weight excluding hydrogens is 162 g/mol. The minimum Gasteiger partial charge on any atom is -0.389 e. The van der Waals surface area contributed by atoms with Gasteiger partial charge in [-0.1, -0.05) is 26.2 Å². The van der Waals surface area contributed by atoms with Crippen LogP contribution in [0.5, 0.6) is 0 Å². The molecule has 0 radical (unpaired) electrons. The molecule has 0 aromatic rings. The van der Waals surface area contributed by atoms with Gasteiger partial charge >= 0.3 is 0 Å². The molecule has 0 aliphatic heterocycles. The molecule has 0 aromatic carbocycles. The van der Waals surface area contributed by atoms with E-state index in [1.165, 1.54) is 32.1 Å². The first-order valence-corrected chi connectivity index (χ1v) is 5.70. The van der Waals surface area contributed by atoms with E-state index in [0.29, 0.717) is 0 Å². The van der Waals surface area contributed by atoms with Crippen molar-refractivity contribution in [2.45, 2.75) is 57.5 Å². The maximum atomic E-state index is 9.75. The van der Waals surface area contributed by atoms with Gasteiger partial charge in [-0.05, 0) is 32.2 Å². The quantitative estimate of drug-likeness (QED) is 0.595. The molecule has 0 saturated heterocycles. The SMILES string of the molecule is CCCCCCNCC1(O)CCC1. The fraction of sp³-hybridized carbons (Fsp3) is 1.00. The summed E-state index contributed by atoms with van der Waals surface area (Å²) in [6.07, 6.45) is 8.40. The molecule has 0 unspecified atom stereocenters. The molecule has 13 heavy (non-hydrogen) atoms. The van der Waals surface area contributed by atoms with Gasteiger partial charge < -0.3 is 10.4 Å². The zero-order valence-corrected chi connectivity index (χ0v) is 8.81. The van der Waals surface area contributed by atoms with Gasteiger partial charge in [0.15, 0.2) is 0 Å². The van der Waals surface area contributed by atoms with Crippen LogP contribution in [0.1, 0.15) is 51.9 Å². The van der Waals surface area contributed by atoms with Crippen LogP contribution in [0.25, 0.3) is 0 Å². The number of rotatable bonds is 7. The summed E-state index contributed by atoms with van der Waals surface area (Å²) in [7, 11) is 0. The molecule has 0 aromatic heterocycles. The number of aliphatic hydroxyl groups is 1. The Bertz CT molecular complexity index is 132. The lowest BCUT2D eigenvalue weighted by Crippen LogP contribution is -2.46. The molecule has 1 saturated carbocycles. The van der Waals surface area contributed by atoms with Gasteiger partial charge in [0.05, 0.1) is 5.60 Å². The van der Waals surface area contributed by atoms with E-state index in [2.05, 4.69) is 12.2 Å². The second kappa shape index (κ2) is 5.61. The average Bonchev–Trinajstić information content (AvgIpc) is 2.08. The molecule has 2 heteroatoms. The van der Waals surface area contributed by atoms with Crippen LogP contribution in [0.2, 0.25) is 0 Å². The standard InChI is InChI=1S/C11H23NO/c1-2-3-4-5-9-12-10-11(13)7-6-8-11/h12-13H,2-10H2,1H3. The molecule has 1 aliphatic carbocycles. The fourth-order valence-electron chi connectivity index (χ4n) is 1.76. The van der Waals surface area contributed by atoms with Gasteiger partial charge in [-0.3, -0.25) is 0 Å². The lowest BCUT2D eigenvalue weighted by Gasteiger charge is -2.36. The second-order valence-electron chi connectivity index (χ2n) is 4.32. The highest BCUT2D eigenvalue weighted by molar-refractivity contribution is 4.89. The largest absolute Gasteiger partial charge is 0.389 e. The minimum absolute atomic E-state index is 0.343. The summed E-state index contributed by atoms with van der Waals surface area (Å²) in [6.45, 7) is 4.10. The molecule has 0 bridgehead atoms. The lowest BCUT2D eigenvalue weighted by atomic mass is 9.80. The van der Waals surface area contributed by atoms with E-state index in [-0.39, 0.29) is 5.60 Å². The molecule has 2 N–H and O–H groups in total. The van der Waals surface area contributed by atoms with Gasteiger partial charge in [0.1, 0.15) is 0 Å². The van der Waals surface area contributed by atoms with Crippen molar-refractivity contribution in [2.75, 3.05) is 13.1 Å². The normalized spacial score (nSPS) is 19.8. The monoisotopic (exact) mass is 185 g/mol. The van der Waals surface area contributed by atoms with E-state index in [1.54, 1.807) is 0 Å². The number of hydrogen-bond acceptors (Lipinski definition) is 2. The third kappa shape index (κ3) is 4.10. The average molecular weight is 185 g/mol. The number of hydrogen-bond donors (Lipinski definition) is 2. The summed E-state index contributed by atoms with van der Waals surface area (Å²) in [5.41, 5.74) is -0.343. The molecule has 1 fully saturated rings. The Morgan fingerprint density at radius 3 is 2.54 bits per heavy atom. The summed E-state index contributed by atoms with van der Waals surface area (Å²) in [4.78, 5) is 0. The second-order valence-corrected chi connectivity index (χ2v) is 4.32. The van der Waals surface area contributed by atoms with Gasteiger partial charge in [-0.15, -0.1) is 0 Å².